The van der Waals surface area contributed by atoms with Gasteiger partial charge in [-0.2, -0.15) is 0 Å². The van der Waals surface area contributed by atoms with Crippen LogP contribution >= 0.6 is 0 Å². The molecule has 0 bridgehead atoms. The third-order valence-corrected chi connectivity index (χ3v) is 9.85. The molecular formula is C27H46O17. The fourth-order valence-corrected chi connectivity index (χ4v) is 7.28. The van der Waals surface area contributed by atoms with Crippen LogP contribution < -0.4 is 0 Å². The summed E-state index contributed by atoms with van der Waals surface area (Å²) >= 11 is 0. The Bertz CT molecular complexity index is 915. The minimum Gasteiger partial charge on any atom is -0.394 e. The van der Waals surface area contributed by atoms with E-state index >= 15 is 0 Å². The van der Waals surface area contributed by atoms with E-state index in [1.54, 1.807) is 0 Å². The normalized spacial score (nSPS) is 55.4. The van der Waals surface area contributed by atoms with E-state index in [1.807, 2.05) is 0 Å². The summed E-state index contributed by atoms with van der Waals surface area (Å²) in [4.78, 5) is 0. The molecule has 18 atom stereocenters. The molecular weight excluding hydrogens is 596 g/mol. The van der Waals surface area contributed by atoms with Crippen molar-refractivity contribution in [2.45, 2.75) is 142 Å². The van der Waals surface area contributed by atoms with Crippen molar-refractivity contribution in [1.82, 2.24) is 0 Å². The van der Waals surface area contributed by atoms with E-state index in [0.29, 0.717) is 0 Å². The van der Waals surface area contributed by atoms with Gasteiger partial charge >= 0.3 is 0 Å². The van der Waals surface area contributed by atoms with Gasteiger partial charge in [-0.25, -0.2) is 0 Å². The maximum Gasteiger partial charge on any atom is 0.187 e. The van der Waals surface area contributed by atoms with Crippen LogP contribution in [0.15, 0.2) is 0 Å². The molecule has 17 heteroatoms. The van der Waals surface area contributed by atoms with Gasteiger partial charge in [0.15, 0.2) is 12.6 Å². The summed E-state index contributed by atoms with van der Waals surface area (Å²) in [5.74, 6) is -1.14. The second-order valence-electron chi connectivity index (χ2n) is 12.8. The molecule has 3 saturated heterocycles. The highest BCUT2D eigenvalue weighted by atomic mass is 16.7. The van der Waals surface area contributed by atoms with E-state index in [-0.39, 0.29) is 32.1 Å². The summed E-state index contributed by atoms with van der Waals surface area (Å²) in [6.07, 6.45) is -23.1. The molecule has 17 nitrogen and oxygen atoms in total. The molecule has 2 saturated carbocycles. The largest absolute Gasteiger partial charge is 0.394 e. The fourth-order valence-electron chi connectivity index (χ4n) is 7.28. The second kappa shape index (κ2) is 14.2. The molecule has 5 rings (SSSR count). The summed E-state index contributed by atoms with van der Waals surface area (Å²) in [6.45, 7) is -1.31. The van der Waals surface area contributed by atoms with Gasteiger partial charge in [0.05, 0.1) is 55.9 Å². The highest BCUT2D eigenvalue weighted by Gasteiger charge is 2.54. The predicted molar refractivity (Wildman–Crippen MR) is 140 cm³/mol. The molecule has 44 heavy (non-hydrogen) atoms. The van der Waals surface area contributed by atoms with Crippen molar-refractivity contribution in [3.8, 4) is 0 Å². The maximum atomic E-state index is 11.2. The Morgan fingerprint density at radius 3 is 1.55 bits per heavy atom. The highest BCUT2D eigenvalue weighted by Crippen LogP contribution is 2.44. The fraction of sp³-hybridized carbons (Fsp3) is 1.00. The summed E-state index contributed by atoms with van der Waals surface area (Å²) in [7, 11) is 0. The van der Waals surface area contributed by atoms with Crippen molar-refractivity contribution >= 4 is 0 Å². The third kappa shape index (κ3) is 6.81. The zero-order valence-electron chi connectivity index (χ0n) is 23.9. The number of rotatable bonds is 7. The molecule has 0 aromatic rings. The van der Waals surface area contributed by atoms with Gasteiger partial charge in [-0.05, 0) is 25.2 Å². The topological polar surface area (TPSA) is 289 Å². The molecule has 0 aromatic carbocycles. The predicted octanol–water partition coefficient (Wildman–Crippen LogP) is -6.22. The summed E-state index contributed by atoms with van der Waals surface area (Å²) in [6, 6.07) is 0. The first-order valence-electron chi connectivity index (χ1n) is 15.1. The number of hydrogen-bond donors (Lipinski definition) is 12. The van der Waals surface area contributed by atoms with E-state index in [0.717, 1.165) is 0 Å². The Morgan fingerprint density at radius 2 is 1.02 bits per heavy atom. The maximum absolute atomic E-state index is 11.2. The van der Waals surface area contributed by atoms with Crippen LogP contribution in [0.1, 0.15) is 32.1 Å². The van der Waals surface area contributed by atoms with E-state index in [4.69, 9.17) is 23.7 Å². The molecule has 8 unspecified atom stereocenters. The Kier molecular flexibility index (Phi) is 11.2. The highest BCUT2D eigenvalue weighted by molar-refractivity contribution is 5.01. The molecule has 0 radical (unpaired) electrons. The first-order valence-corrected chi connectivity index (χ1v) is 15.1. The molecule has 256 valence electrons. The average Bonchev–Trinajstić information content (AvgIpc) is 3.00. The lowest BCUT2D eigenvalue weighted by atomic mass is 9.72. The minimum absolute atomic E-state index is 0.0160. The Morgan fingerprint density at radius 1 is 0.500 bits per heavy atom. The second-order valence-corrected chi connectivity index (χ2v) is 12.8. The molecule has 0 amide bonds. The van der Waals surface area contributed by atoms with E-state index < -0.39 is 135 Å². The number of aliphatic hydroxyl groups is 12. The first kappa shape index (κ1) is 34.6. The van der Waals surface area contributed by atoms with Crippen molar-refractivity contribution in [3.63, 3.8) is 0 Å². The Labute approximate surface area is 252 Å². The number of aliphatic hydroxyl groups excluding tert-OH is 12. The van der Waals surface area contributed by atoms with Gasteiger partial charge < -0.3 is 85.0 Å². The van der Waals surface area contributed by atoms with Crippen molar-refractivity contribution in [2.24, 2.45) is 11.8 Å². The lowest BCUT2D eigenvalue weighted by molar-refractivity contribution is -0.339. The first-order chi connectivity index (χ1) is 20.8. The van der Waals surface area contributed by atoms with Crippen molar-refractivity contribution in [2.75, 3.05) is 13.2 Å². The Hall–Kier alpha value is -0.680. The summed E-state index contributed by atoms with van der Waals surface area (Å²) in [5.41, 5.74) is 0. The molecule has 5 fully saturated rings. The van der Waals surface area contributed by atoms with Gasteiger partial charge in [-0.3, -0.25) is 0 Å². The monoisotopic (exact) mass is 642 g/mol. The molecule has 12 N–H and O–H groups in total. The van der Waals surface area contributed by atoms with Crippen LogP contribution in [0.5, 0.6) is 0 Å². The molecule has 0 aromatic heterocycles. The summed E-state index contributed by atoms with van der Waals surface area (Å²) in [5, 5.41) is 123. The Balaban J connectivity index is 1.33. The van der Waals surface area contributed by atoms with Crippen molar-refractivity contribution in [1.29, 1.82) is 0 Å². The minimum atomic E-state index is -1.71. The zero-order valence-corrected chi connectivity index (χ0v) is 23.9. The van der Waals surface area contributed by atoms with E-state index in [1.165, 1.54) is 0 Å². The zero-order chi connectivity index (χ0) is 32.0. The van der Waals surface area contributed by atoms with E-state index in [9.17, 15) is 61.3 Å². The van der Waals surface area contributed by atoms with Crippen LogP contribution in [-0.4, -0.2) is 185 Å². The molecule has 3 heterocycles. The molecule has 2 aliphatic carbocycles. The van der Waals surface area contributed by atoms with Crippen LogP contribution in [0.25, 0.3) is 0 Å². The smallest absolute Gasteiger partial charge is 0.187 e. The van der Waals surface area contributed by atoms with E-state index in [2.05, 4.69) is 0 Å². The van der Waals surface area contributed by atoms with Crippen LogP contribution in [0.2, 0.25) is 0 Å². The van der Waals surface area contributed by atoms with Crippen molar-refractivity contribution in [3.05, 3.63) is 0 Å². The number of ether oxygens (including phenoxy) is 5. The molecule has 3 aliphatic heterocycles. The van der Waals surface area contributed by atoms with Gasteiger partial charge in [-0.1, -0.05) is 0 Å². The van der Waals surface area contributed by atoms with Crippen molar-refractivity contribution < 1.29 is 85.0 Å². The van der Waals surface area contributed by atoms with Gasteiger partial charge in [0, 0.05) is 18.8 Å². The van der Waals surface area contributed by atoms with Gasteiger partial charge in [-0.15, -0.1) is 0 Å². The quantitative estimate of drug-likeness (QED) is 0.123. The number of fused-ring (bicyclic) bond motifs is 1. The van der Waals surface area contributed by atoms with Gasteiger partial charge in [0.25, 0.3) is 0 Å². The number of hydrogen-bond acceptors (Lipinski definition) is 17. The lowest BCUT2D eigenvalue weighted by Gasteiger charge is -2.52. The van der Waals surface area contributed by atoms with Gasteiger partial charge in [0.1, 0.15) is 54.9 Å². The van der Waals surface area contributed by atoms with Crippen LogP contribution in [0.4, 0.5) is 0 Å². The van der Waals surface area contributed by atoms with Crippen LogP contribution in [-0.2, 0) is 23.7 Å². The van der Waals surface area contributed by atoms with Gasteiger partial charge in [0.2, 0.25) is 0 Å². The SMILES string of the molecule is OC[C@H]1O[C@@H](OC2CC(O)C3CC(O[C@@H]4O[C@H](CO)[C@@H](O)[C@H](O)[C@H]4O)C(C4CC(O)C(O)C(O)C4)OC3C2)[C@H](O)[C@@H](O)[C@@H]1O. The molecule has 5 aliphatic rings. The van der Waals surface area contributed by atoms with Crippen LogP contribution in [0, 0.1) is 11.8 Å². The third-order valence-electron chi connectivity index (χ3n) is 9.85. The molecule has 0 spiro atoms. The lowest BCUT2D eigenvalue weighted by Crippen LogP contribution is -2.63. The van der Waals surface area contributed by atoms with Crippen LogP contribution in [0.3, 0.4) is 0 Å². The standard InChI is InChI=1S/C27H46O17/c28-6-16-19(34)21(36)23(38)26(43-16)40-9-3-11(30)10-5-15(42-27-24(39)22(37)20(35)17(7-29)44-27)25(41-14(10)4-9)8-1-12(31)18(33)13(32)2-8/h8-39H,1-7H2/t8?,9?,10?,11?,12?,13?,14?,15?,16-,17-,18?,19-,20-,21+,22+,23-,24-,25?,26-,27-/m1/s1. The summed E-state index contributed by atoms with van der Waals surface area (Å²) < 4.78 is 29.4. The average molecular weight is 643 g/mol.